The van der Waals surface area contributed by atoms with E-state index < -0.39 is 41.7 Å². The summed E-state index contributed by atoms with van der Waals surface area (Å²) in [5.41, 5.74) is -0.370. The summed E-state index contributed by atoms with van der Waals surface area (Å²) in [5, 5.41) is 0. The van der Waals surface area contributed by atoms with Crippen molar-refractivity contribution in [2.24, 2.45) is 11.8 Å². The van der Waals surface area contributed by atoms with Gasteiger partial charge in [-0.3, -0.25) is 14.4 Å². The lowest BCUT2D eigenvalue weighted by Crippen LogP contribution is -2.68. The zero-order chi connectivity index (χ0) is 22.3. The SMILES string of the molecule is CC(=O)OCC1O[C@]2(C)[C@H](C(C)=O)[C@@H](C=CN2c2ccc3c(c2)OCO3)[C@@H]1OC(C)=O. The molecule has 1 saturated heterocycles. The van der Waals surface area contributed by atoms with E-state index in [9.17, 15) is 14.4 Å². The van der Waals surface area contributed by atoms with Crippen LogP contribution in [-0.2, 0) is 28.6 Å². The molecular formula is C22H25NO8. The number of carbonyl (C=O) groups excluding carboxylic acids is 3. The summed E-state index contributed by atoms with van der Waals surface area (Å²) in [5.74, 6) is -0.905. The van der Waals surface area contributed by atoms with Crippen molar-refractivity contribution in [3.63, 3.8) is 0 Å². The Hall–Kier alpha value is -3.07. The van der Waals surface area contributed by atoms with Gasteiger partial charge in [-0.15, -0.1) is 0 Å². The number of ether oxygens (including phenoxy) is 5. The number of fused-ring (bicyclic) bond motifs is 3. The van der Waals surface area contributed by atoms with Crippen molar-refractivity contribution in [2.45, 2.75) is 45.6 Å². The Morgan fingerprint density at radius 2 is 1.87 bits per heavy atom. The van der Waals surface area contributed by atoms with E-state index >= 15 is 0 Å². The number of anilines is 1. The van der Waals surface area contributed by atoms with Crippen LogP contribution in [0.4, 0.5) is 5.69 Å². The number of rotatable bonds is 5. The molecule has 0 radical (unpaired) electrons. The van der Waals surface area contributed by atoms with Crippen molar-refractivity contribution in [1.29, 1.82) is 0 Å². The summed E-state index contributed by atoms with van der Waals surface area (Å²) in [7, 11) is 0. The minimum Gasteiger partial charge on any atom is -0.463 e. The second-order valence-corrected chi connectivity index (χ2v) is 8.00. The largest absolute Gasteiger partial charge is 0.463 e. The zero-order valence-electron chi connectivity index (χ0n) is 17.8. The van der Waals surface area contributed by atoms with Gasteiger partial charge >= 0.3 is 11.9 Å². The molecule has 9 heteroatoms. The Kier molecular flexibility index (Phi) is 5.38. The van der Waals surface area contributed by atoms with Gasteiger partial charge in [0, 0.05) is 37.7 Å². The van der Waals surface area contributed by atoms with Gasteiger partial charge in [-0.25, -0.2) is 0 Å². The van der Waals surface area contributed by atoms with E-state index in [0.717, 1.165) is 5.69 Å². The maximum absolute atomic E-state index is 12.8. The highest BCUT2D eigenvalue weighted by Gasteiger charge is 2.59. The highest BCUT2D eigenvalue weighted by Crippen LogP contribution is 2.49. The summed E-state index contributed by atoms with van der Waals surface area (Å²) in [6.45, 7) is 5.94. The quantitative estimate of drug-likeness (QED) is 0.649. The summed E-state index contributed by atoms with van der Waals surface area (Å²) in [6, 6.07) is 5.46. The molecular weight excluding hydrogens is 406 g/mol. The topological polar surface area (TPSA) is 101 Å². The highest BCUT2D eigenvalue weighted by atomic mass is 16.7. The van der Waals surface area contributed by atoms with Crippen LogP contribution in [0, 0.1) is 11.8 Å². The minimum absolute atomic E-state index is 0.104. The molecule has 3 aliphatic rings. The molecule has 0 spiro atoms. The second kappa shape index (κ2) is 7.88. The molecule has 1 unspecified atom stereocenters. The van der Waals surface area contributed by atoms with Gasteiger partial charge in [-0.05, 0) is 26.0 Å². The van der Waals surface area contributed by atoms with E-state index in [1.807, 2.05) is 36.2 Å². The smallest absolute Gasteiger partial charge is 0.303 e. The fourth-order valence-electron chi connectivity index (χ4n) is 4.70. The van der Waals surface area contributed by atoms with Crippen molar-refractivity contribution in [3.8, 4) is 11.5 Å². The molecule has 0 amide bonds. The van der Waals surface area contributed by atoms with Crippen LogP contribution in [0.25, 0.3) is 0 Å². The first-order valence-electron chi connectivity index (χ1n) is 10.1. The van der Waals surface area contributed by atoms with Crippen molar-refractivity contribution < 1.29 is 38.1 Å². The van der Waals surface area contributed by atoms with Crippen LogP contribution in [0.5, 0.6) is 11.5 Å². The third kappa shape index (κ3) is 3.74. The van der Waals surface area contributed by atoms with Crippen LogP contribution in [-0.4, -0.2) is 49.1 Å². The number of Topliss-reactive ketones (excluding diaryl/α,β-unsaturated/α-hetero) is 1. The molecule has 0 saturated carbocycles. The molecule has 31 heavy (non-hydrogen) atoms. The summed E-state index contributed by atoms with van der Waals surface area (Å²) in [4.78, 5) is 37.8. The van der Waals surface area contributed by atoms with Crippen LogP contribution >= 0.6 is 0 Å². The van der Waals surface area contributed by atoms with Crippen LogP contribution < -0.4 is 14.4 Å². The molecule has 166 valence electrons. The zero-order valence-corrected chi connectivity index (χ0v) is 17.8. The Bertz CT molecular complexity index is 943. The third-order valence-corrected chi connectivity index (χ3v) is 5.86. The molecule has 2 bridgehead atoms. The van der Waals surface area contributed by atoms with E-state index in [-0.39, 0.29) is 19.2 Å². The molecule has 5 atom stereocenters. The van der Waals surface area contributed by atoms with Gasteiger partial charge in [0.2, 0.25) is 6.79 Å². The van der Waals surface area contributed by atoms with Gasteiger partial charge in [-0.1, -0.05) is 6.08 Å². The molecule has 0 aromatic heterocycles. The van der Waals surface area contributed by atoms with E-state index in [1.165, 1.54) is 20.8 Å². The number of esters is 2. The Labute approximate surface area is 179 Å². The molecule has 0 N–H and O–H groups in total. The summed E-state index contributed by atoms with van der Waals surface area (Å²) < 4.78 is 28.0. The van der Waals surface area contributed by atoms with Gasteiger partial charge in [-0.2, -0.15) is 0 Å². The maximum Gasteiger partial charge on any atom is 0.303 e. The standard InChI is InChI=1S/C22H25NO8/c1-12(24)20-16-7-8-23(15-5-6-17-18(9-15)29-11-28-17)22(20,4)31-19(10-27-13(2)25)21(16)30-14(3)26/h5-9,16,19-21H,10-11H2,1-4H3/t16-,19?,20-,21+,22-/m1/s1. The van der Waals surface area contributed by atoms with Gasteiger partial charge in [0.15, 0.2) is 17.2 Å². The third-order valence-electron chi connectivity index (χ3n) is 5.86. The molecule has 4 rings (SSSR count). The minimum atomic E-state index is -1.11. The predicted molar refractivity (Wildman–Crippen MR) is 107 cm³/mol. The number of hydrogen-bond donors (Lipinski definition) is 0. The normalized spacial score (nSPS) is 30.6. The van der Waals surface area contributed by atoms with Crippen LogP contribution in [0.15, 0.2) is 30.5 Å². The van der Waals surface area contributed by atoms with Crippen molar-refractivity contribution in [2.75, 3.05) is 18.3 Å². The second-order valence-electron chi connectivity index (χ2n) is 8.00. The Morgan fingerprint density at radius 3 is 2.55 bits per heavy atom. The summed E-state index contributed by atoms with van der Waals surface area (Å²) >= 11 is 0. The molecule has 3 heterocycles. The molecule has 1 aromatic rings. The number of hydrogen-bond acceptors (Lipinski definition) is 9. The number of nitrogens with zero attached hydrogens (tertiary/aromatic N) is 1. The van der Waals surface area contributed by atoms with E-state index in [1.54, 1.807) is 6.07 Å². The lowest BCUT2D eigenvalue weighted by Gasteiger charge is -2.56. The van der Waals surface area contributed by atoms with Gasteiger partial charge in [0.1, 0.15) is 24.6 Å². The van der Waals surface area contributed by atoms with E-state index in [2.05, 4.69) is 0 Å². The number of benzene rings is 1. The Balaban J connectivity index is 1.76. The highest BCUT2D eigenvalue weighted by molar-refractivity contribution is 5.82. The first kappa shape index (κ1) is 21.2. The molecule has 1 fully saturated rings. The average molecular weight is 431 g/mol. The fraction of sp³-hybridized carbons (Fsp3) is 0.500. The molecule has 9 nitrogen and oxygen atoms in total. The summed E-state index contributed by atoms with van der Waals surface area (Å²) in [6.07, 6.45) is 2.14. The van der Waals surface area contributed by atoms with E-state index in [0.29, 0.717) is 11.5 Å². The maximum atomic E-state index is 12.8. The first-order valence-corrected chi connectivity index (χ1v) is 10.1. The van der Waals surface area contributed by atoms with Gasteiger partial charge < -0.3 is 28.6 Å². The lowest BCUT2D eigenvalue weighted by atomic mass is 9.71. The first-order chi connectivity index (χ1) is 14.7. The van der Waals surface area contributed by atoms with Crippen LogP contribution in [0.1, 0.15) is 27.7 Å². The van der Waals surface area contributed by atoms with Gasteiger partial charge in [0.05, 0.1) is 5.92 Å². The molecule has 3 aliphatic heterocycles. The van der Waals surface area contributed by atoms with Gasteiger partial charge in [0.25, 0.3) is 0 Å². The number of carbonyl (C=O) groups is 3. The van der Waals surface area contributed by atoms with Crippen LogP contribution in [0.3, 0.4) is 0 Å². The van der Waals surface area contributed by atoms with Crippen molar-refractivity contribution in [3.05, 3.63) is 30.5 Å². The van der Waals surface area contributed by atoms with Crippen molar-refractivity contribution >= 4 is 23.4 Å². The van der Waals surface area contributed by atoms with Crippen molar-refractivity contribution in [1.82, 2.24) is 0 Å². The fourth-order valence-corrected chi connectivity index (χ4v) is 4.70. The van der Waals surface area contributed by atoms with Crippen LogP contribution in [0.2, 0.25) is 0 Å². The average Bonchev–Trinajstić information content (AvgIpc) is 3.15. The number of ketones is 1. The monoisotopic (exact) mass is 431 g/mol. The molecule has 1 aromatic carbocycles. The Morgan fingerprint density at radius 1 is 1.13 bits per heavy atom. The lowest BCUT2D eigenvalue weighted by molar-refractivity contribution is -0.234. The predicted octanol–water partition coefficient (Wildman–Crippen LogP) is 2.18. The molecule has 0 aliphatic carbocycles. The van der Waals surface area contributed by atoms with E-state index in [4.69, 9.17) is 23.7 Å².